The fraction of sp³-hybridized carbons (Fsp3) is 0.778. The highest BCUT2D eigenvalue weighted by Gasteiger charge is 2.15. The van der Waals surface area contributed by atoms with Crippen molar-refractivity contribution in [2.45, 2.75) is 33.3 Å². The van der Waals surface area contributed by atoms with Crippen LogP contribution in [-0.2, 0) is 4.74 Å². The Labute approximate surface area is 84.7 Å². The van der Waals surface area contributed by atoms with Crippen molar-refractivity contribution in [3.05, 3.63) is 0 Å². The normalized spacial score (nSPS) is 12.4. The van der Waals surface area contributed by atoms with E-state index in [-0.39, 0.29) is 6.54 Å². The zero-order chi connectivity index (χ0) is 11.2. The van der Waals surface area contributed by atoms with Gasteiger partial charge >= 0.3 is 6.09 Å². The fourth-order valence-electron chi connectivity index (χ4n) is 0.736. The van der Waals surface area contributed by atoms with Gasteiger partial charge in [-0.05, 0) is 27.7 Å². The number of carbonyl (C=O) groups is 1. The number of nitrogens with two attached hydrogens (primary N) is 1. The summed E-state index contributed by atoms with van der Waals surface area (Å²) in [5.74, 6) is 0.401. The lowest BCUT2D eigenvalue weighted by Gasteiger charge is -2.19. The van der Waals surface area contributed by atoms with Gasteiger partial charge in [0.25, 0.3) is 0 Å². The molecule has 0 aliphatic carbocycles. The summed E-state index contributed by atoms with van der Waals surface area (Å²) in [4.78, 5) is 15.0. The lowest BCUT2D eigenvalue weighted by molar-refractivity contribution is 0.0536. The van der Waals surface area contributed by atoms with Gasteiger partial charge in [-0.2, -0.15) is 0 Å². The molecule has 14 heavy (non-hydrogen) atoms. The average molecular weight is 201 g/mol. The molecule has 0 fully saturated rings. The lowest BCUT2D eigenvalue weighted by Crippen LogP contribution is -2.37. The second-order valence-corrected chi connectivity index (χ2v) is 3.82. The summed E-state index contributed by atoms with van der Waals surface area (Å²) in [6, 6.07) is 0. The Bertz CT molecular complexity index is 219. The molecule has 82 valence electrons. The molecule has 0 aliphatic rings. The monoisotopic (exact) mass is 201 g/mol. The van der Waals surface area contributed by atoms with Crippen LogP contribution in [0.2, 0.25) is 0 Å². The first kappa shape index (κ1) is 12.7. The Morgan fingerprint density at radius 1 is 1.50 bits per heavy atom. The predicted octanol–water partition coefficient (Wildman–Crippen LogP) is 0.888. The third-order valence-corrected chi connectivity index (χ3v) is 1.17. The first-order valence-corrected chi connectivity index (χ1v) is 4.61. The average Bonchev–Trinajstić information content (AvgIpc) is 1.98. The van der Waals surface area contributed by atoms with Crippen molar-refractivity contribution in [3.8, 4) is 0 Å². The Hall–Kier alpha value is -1.26. The van der Waals surface area contributed by atoms with E-state index < -0.39 is 11.7 Å². The summed E-state index contributed by atoms with van der Waals surface area (Å²) in [5, 5.41) is 2.51. The SMILES string of the molecule is CCN=C(N)CNC(=O)OC(C)(C)C. The topological polar surface area (TPSA) is 76.7 Å². The number of amidine groups is 1. The van der Waals surface area contributed by atoms with Gasteiger partial charge in [0.2, 0.25) is 0 Å². The van der Waals surface area contributed by atoms with Crippen LogP contribution >= 0.6 is 0 Å². The number of alkyl carbamates (subject to hydrolysis) is 1. The molecule has 0 rings (SSSR count). The number of ether oxygens (including phenoxy) is 1. The summed E-state index contributed by atoms with van der Waals surface area (Å²) in [6.45, 7) is 8.12. The van der Waals surface area contributed by atoms with Crippen LogP contribution in [0.1, 0.15) is 27.7 Å². The predicted molar refractivity (Wildman–Crippen MR) is 56.4 cm³/mol. The van der Waals surface area contributed by atoms with Crippen molar-refractivity contribution in [3.63, 3.8) is 0 Å². The minimum absolute atomic E-state index is 0.225. The standard InChI is InChI=1S/C9H19N3O2/c1-5-11-7(10)6-12-8(13)14-9(2,3)4/h5-6H2,1-4H3,(H2,10,11)(H,12,13). The molecule has 0 bridgehead atoms. The minimum atomic E-state index is -0.485. The molecule has 3 N–H and O–H groups in total. The summed E-state index contributed by atoms with van der Waals surface area (Å²) in [7, 11) is 0. The lowest BCUT2D eigenvalue weighted by atomic mass is 10.2. The molecule has 0 aromatic heterocycles. The van der Waals surface area contributed by atoms with Crippen LogP contribution in [0, 0.1) is 0 Å². The van der Waals surface area contributed by atoms with Gasteiger partial charge in [-0.1, -0.05) is 0 Å². The minimum Gasteiger partial charge on any atom is -0.444 e. The molecule has 5 heteroatoms. The van der Waals surface area contributed by atoms with E-state index in [4.69, 9.17) is 10.5 Å². The van der Waals surface area contributed by atoms with Crippen molar-refractivity contribution in [2.75, 3.05) is 13.1 Å². The number of rotatable bonds is 3. The Kier molecular flexibility index (Phi) is 4.97. The van der Waals surface area contributed by atoms with Gasteiger partial charge < -0.3 is 15.8 Å². The highest BCUT2D eigenvalue weighted by atomic mass is 16.6. The quantitative estimate of drug-likeness (QED) is 0.526. The Balaban J connectivity index is 3.81. The molecule has 0 unspecified atom stereocenters. The molecule has 0 aromatic rings. The second-order valence-electron chi connectivity index (χ2n) is 3.82. The van der Waals surface area contributed by atoms with Crippen LogP contribution in [0.3, 0.4) is 0 Å². The number of carbonyl (C=O) groups excluding carboxylic acids is 1. The number of amides is 1. The van der Waals surface area contributed by atoms with E-state index in [0.717, 1.165) is 0 Å². The van der Waals surface area contributed by atoms with E-state index in [2.05, 4.69) is 10.3 Å². The van der Waals surface area contributed by atoms with Crippen molar-refractivity contribution < 1.29 is 9.53 Å². The third-order valence-electron chi connectivity index (χ3n) is 1.17. The molecule has 0 atom stereocenters. The maximum Gasteiger partial charge on any atom is 0.408 e. The van der Waals surface area contributed by atoms with E-state index in [9.17, 15) is 4.79 Å². The zero-order valence-corrected chi connectivity index (χ0v) is 9.26. The maximum absolute atomic E-state index is 11.1. The van der Waals surface area contributed by atoms with Crippen molar-refractivity contribution in [2.24, 2.45) is 10.7 Å². The van der Waals surface area contributed by atoms with Crippen LogP contribution < -0.4 is 11.1 Å². The van der Waals surface area contributed by atoms with Gasteiger partial charge in [-0.3, -0.25) is 4.99 Å². The first-order valence-electron chi connectivity index (χ1n) is 4.61. The van der Waals surface area contributed by atoms with Gasteiger partial charge in [0, 0.05) is 6.54 Å². The van der Waals surface area contributed by atoms with Crippen LogP contribution in [0.5, 0.6) is 0 Å². The summed E-state index contributed by atoms with van der Waals surface area (Å²) < 4.78 is 5.01. The molecular formula is C9H19N3O2. The van der Waals surface area contributed by atoms with Crippen LogP contribution in [0.15, 0.2) is 4.99 Å². The number of nitrogens with one attached hydrogen (secondary N) is 1. The van der Waals surface area contributed by atoms with Gasteiger partial charge in [-0.25, -0.2) is 4.79 Å². The van der Waals surface area contributed by atoms with Crippen molar-refractivity contribution in [1.82, 2.24) is 5.32 Å². The molecule has 0 aromatic carbocycles. The Morgan fingerprint density at radius 3 is 2.50 bits per heavy atom. The highest BCUT2D eigenvalue weighted by molar-refractivity contribution is 5.85. The zero-order valence-electron chi connectivity index (χ0n) is 9.26. The highest BCUT2D eigenvalue weighted by Crippen LogP contribution is 2.05. The first-order chi connectivity index (χ1) is 6.35. The van der Waals surface area contributed by atoms with E-state index in [1.54, 1.807) is 20.8 Å². The summed E-state index contributed by atoms with van der Waals surface area (Å²) in [6.07, 6.45) is -0.480. The number of nitrogens with zero attached hydrogens (tertiary/aromatic N) is 1. The van der Waals surface area contributed by atoms with Gasteiger partial charge in [0.15, 0.2) is 0 Å². The number of hydrogen-bond donors (Lipinski definition) is 2. The molecule has 0 radical (unpaired) electrons. The molecular weight excluding hydrogens is 182 g/mol. The van der Waals surface area contributed by atoms with E-state index in [1.165, 1.54) is 0 Å². The smallest absolute Gasteiger partial charge is 0.408 e. The van der Waals surface area contributed by atoms with Gasteiger partial charge in [0.05, 0.1) is 6.54 Å². The molecule has 0 spiro atoms. The van der Waals surface area contributed by atoms with E-state index >= 15 is 0 Å². The van der Waals surface area contributed by atoms with Crippen LogP contribution in [-0.4, -0.2) is 30.6 Å². The van der Waals surface area contributed by atoms with Gasteiger partial charge in [0.1, 0.15) is 11.4 Å². The van der Waals surface area contributed by atoms with Gasteiger partial charge in [-0.15, -0.1) is 0 Å². The molecule has 0 saturated carbocycles. The second kappa shape index (κ2) is 5.47. The van der Waals surface area contributed by atoms with E-state index in [0.29, 0.717) is 12.4 Å². The van der Waals surface area contributed by atoms with Crippen LogP contribution in [0.4, 0.5) is 4.79 Å². The Morgan fingerprint density at radius 2 is 2.07 bits per heavy atom. The molecule has 1 amide bonds. The largest absolute Gasteiger partial charge is 0.444 e. The number of aliphatic imine (C=N–C) groups is 1. The van der Waals surface area contributed by atoms with Crippen molar-refractivity contribution in [1.29, 1.82) is 0 Å². The molecule has 5 nitrogen and oxygen atoms in total. The van der Waals surface area contributed by atoms with Crippen molar-refractivity contribution >= 4 is 11.9 Å². The fourth-order valence-corrected chi connectivity index (χ4v) is 0.736. The summed E-state index contributed by atoms with van der Waals surface area (Å²) in [5.41, 5.74) is 4.99. The molecule has 0 aliphatic heterocycles. The van der Waals surface area contributed by atoms with Crippen LogP contribution in [0.25, 0.3) is 0 Å². The third kappa shape index (κ3) is 7.39. The molecule has 0 heterocycles. The molecule has 0 saturated heterocycles. The summed E-state index contributed by atoms with van der Waals surface area (Å²) >= 11 is 0. The van der Waals surface area contributed by atoms with E-state index in [1.807, 2.05) is 6.92 Å². The number of hydrogen-bond acceptors (Lipinski definition) is 3. The maximum atomic E-state index is 11.1.